The summed E-state index contributed by atoms with van der Waals surface area (Å²) in [6, 6.07) is 14.4. The van der Waals surface area contributed by atoms with Crippen LogP contribution in [0.3, 0.4) is 0 Å². The van der Waals surface area contributed by atoms with E-state index in [-0.39, 0.29) is 0 Å². The quantitative estimate of drug-likeness (QED) is 0.770. The second kappa shape index (κ2) is 5.72. The Labute approximate surface area is 133 Å². The highest BCUT2D eigenvalue weighted by Crippen LogP contribution is 2.29. The summed E-state index contributed by atoms with van der Waals surface area (Å²) in [6.07, 6.45) is 4.15. The van der Waals surface area contributed by atoms with Crippen LogP contribution in [0.1, 0.15) is 29.2 Å². The third-order valence-corrected chi connectivity index (χ3v) is 3.94. The summed E-state index contributed by atoms with van der Waals surface area (Å²) in [4.78, 5) is 2.16. The molecule has 1 nitrogen and oxygen atoms in total. The molecule has 0 spiro atoms. The molecule has 1 aliphatic rings. The van der Waals surface area contributed by atoms with Crippen molar-refractivity contribution in [2.75, 3.05) is 0 Å². The van der Waals surface area contributed by atoms with Gasteiger partial charge in [0.05, 0.1) is 0 Å². The Morgan fingerprint density at radius 2 is 2.00 bits per heavy atom. The van der Waals surface area contributed by atoms with Gasteiger partial charge >= 0.3 is 0 Å². The van der Waals surface area contributed by atoms with Crippen LogP contribution in [-0.4, -0.2) is 12.7 Å². The van der Waals surface area contributed by atoms with E-state index in [1.165, 1.54) is 11.1 Å². The molecule has 0 amide bonds. The Balaban J connectivity index is 1.86. The highest BCUT2D eigenvalue weighted by molar-refractivity contribution is 6.32. The van der Waals surface area contributed by atoms with Gasteiger partial charge in [-0.05, 0) is 35.8 Å². The van der Waals surface area contributed by atoms with Crippen LogP contribution in [0.5, 0.6) is 0 Å². The fourth-order valence-electron chi connectivity index (χ4n) is 2.68. The Morgan fingerprint density at radius 3 is 2.77 bits per heavy atom. The molecule has 0 aromatic heterocycles. The lowest BCUT2D eigenvalue weighted by Gasteiger charge is -2.28. The van der Waals surface area contributed by atoms with Crippen LogP contribution in [0.4, 0.5) is 0 Å². The Kier molecular flexibility index (Phi) is 3.76. The fourth-order valence-corrected chi connectivity index (χ4v) is 2.68. The monoisotopic (exact) mass is 283 g/mol. The molecule has 0 aliphatic carbocycles. The first-order valence-electron chi connectivity index (χ1n) is 7.33. The molecule has 106 valence electrons. The summed E-state index contributed by atoms with van der Waals surface area (Å²) >= 11 is 0. The number of nitrogens with zero attached hydrogens (tertiary/aromatic N) is 1. The highest BCUT2D eigenvalue weighted by atomic mass is 15.1. The molecule has 0 N–H and O–H groups in total. The van der Waals surface area contributed by atoms with Crippen LogP contribution >= 0.6 is 0 Å². The average molecular weight is 283 g/mol. The zero-order valence-electron chi connectivity index (χ0n) is 12.8. The number of fused-ring (bicyclic) bond motifs is 1. The van der Waals surface area contributed by atoms with Gasteiger partial charge in [0.1, 0.15) is 7.85 Å². The van der Waals surface area contributed by atoms with Crippen LogP contribution in [0, 0.1) is 0 Å². The lowest BCUT2D eigenvalue weighted by Crippen LogP contribution is -2.19. The number of rotatable bonds is 3. The molecule has 1 heterocycles. The van der Waals surface area contributed by atoms with Crippen molar-refractivity contribution >= 4 is 30.7 Å². The van der Waals surface area contributed by atoms with E-state index >= 15 is 0 Å². The van der Waals surface area contributed by atoms with Crippen LogP contribution in [0.15, 0.2) is 61.8 Å². The lowest BCUT2D eigenvalue weighted by molar-refractivity contribution is 0.527. The minimum atomic E-state index is 0.777. The molecule has 2 aromatic carbocycles. The zero-order chi connectivity index (χ0) is 15.7. The van der Waals surface area contributed by atoms with Gasteiger partial charge in [0.15, 0.2) is 0 Å². The normalized spacial score (nSPS) is 13.1. The van der Waals surface area contributed by atoms with E-state index in [9.17, 15) is 0 Å². The molecular formula is C20H18BN. The van der Waals surface area contributed by atoms with E-state index in [1.807, 2.05) is 25.1 Å². The van der Waals surface area contributed by atoms with Crippen molar-refractivity contribution < 1.29 is 0 Å². The van der Waals surface area contributed by atoms with Crippen molar-refractivity contribution in [3.63, 3.8) is 0 Å². The van der Waals surface area contributed by atoms with Crippen molar-refractivity contribution in [3.8, 4) is 0 Å². The summed E-state index contributed by atoms with van der Waals surface area (Å²) in [5.41, 5.74) is 7.53. The Hall–Kier alpha value is -2.48. The molecule has 0 saturated carbocycles. The minimum Gasteiger partial charge on any atom is -0.344 e. The van der Waals surface area contributed by atoms with Crippen LogP contribution in [0.25, 0.3) is 17.3 Å². The van der Waals surface area contributed by atoms with E-state index in [2.05, 4.69) is 54.6 Å². The molecule has 22 heavy (non-hydrogen) atoms. The zero-order valence-corrected chi connectivity index (χ0v) is 12.8. The number of allylic oxidation sites excluding steroid dienone is 1. The van der Waals surface area contributed by atoms with Crippen molar-refractivity contribution in [2.45, 2.75) is 13.5 Å². The Morgan fingerprint density at radius 1 is 1.18 bits per heavy atom. The molecule has 0 bridgehead atoms. The summed E-state index contributed by atoms with van der Waals surface area (Å²) in [5, 5.41) is 0. The smallest absolute Gasteiger partial charge is 0.113 e. The summed E-state index contributed by atoms with van der Waals surface area (Å²) < 4.78 is 0. The van der Waals surface area contributed by atoms with Crippen molar-refractivity contribution in [3.05, 3.63) is 84.1 Å². The van der Waals surface area contributed by atoms with Crippen molar-refractivity contribution in [1.29, 1.82) is 0 Å². The topological polar surface area (TPSA) is 3.24 Å². The van der Waals surface area contributed by atoms with Crippen molar-refractivity contribution in [2.24, 2.45) is 0 Å². The summed E-state index contributed by atoms with van der Waals surface area (Å²) in [7, 11) is 5.85. The maximum absolute atomic E-state index is 5.85. The molecule has 2 radical (unpaired) electrons. The van der Waals surface area contributed by atoms with Gasteiger partial charge in [-0.1, -0.05) is 60.6 Å². The van der Waals surface area contributed by atoms with Gasteiger partial charge in [-0.25, -0.2) is 0 Å². The maximum atomic E-state index is 5.85. The third kappa shape index (κ3) is 2.78. The molecule has 0 fully saturated rings. The standard InChI is InChI=1S/C20H18BN/c1-14(2)17-6-4-5-16(11-17)13-22-10-9-18-12-19(21)7-8-20(18)15(22)3/h4-12H,1,3,13H2,2H3. The van der Waals surface area contributed by atoms with Gasteiger partial charge in [0, 0.05) is 24.0 Å². The second-order valence-electron chi connectivity index (χ2n) is 5.72. The molecule has 0 saturated heterocycles. The molecule has 2 heteroatoms. The van der Waals surface area contributed by atoms with Gasteiger partial charge in [0.25, 0.3) is 0 Å². The Bertz CT molecular complexity index is 786. The first kappa shape index (κ1) is 14.5. The van der Waals surface area contributed by atoms with Gasteiger partial charge < -0.3 is 4.90 Å². The molecule has 0 unspecified atom stereocenters. The summed E-state index contributed by atoms with van der Waals surface area (Å²) in [5.74, 6) is 0. The molecule has 2 aromatic rings. The highest BCUT2D eigenvalue weighted by Gasteiger charge is 2.15. The van der Waals surface area contributed by atoms with Crippen molar-refractivity contribution in [1.82, 2.24) is 4.90 Å². The first-order chi connectivity index (χ1) is 10.5. The predicted octanol–water partition coefficient (Wildman–Crippen LogP) is 3.97. The van der Waals surface area contributed by atoms with E-state index < -0.39 is 0 Å². The number of hydrogen-bond donors (Lipinski definition) is 0. The van der Waals surface area contributed by atoms with Gasteiger partial charge in [-0.3, -0.25) is 0 Å². The van der Waals surface area contributed by atoms with Crippen LogP contribution in [-0.2, 0) is 6.54 Å². The van der Waals surface area contributed by atoms with E-state index in [1.54, 1.807) is 0 Å². The van der Waals surface area contributed by atoms with Crippen LogP contribution in [0.2, 0.25) is 0 Å². The van der Waals surface area contributed by atoms with Gasteiger partial charge in [-0.15, -0.1) is 0 Å². The minimum absolute atomic E-state index is 0.777. The predicted molar refractivity (Wildman–Crippen MR) is 96.6 cm³/mol. The number of benzene rings is 2. The van der Waals surface area contributed by atoms with E-state index in [0.717, 1.165) is 34.4 Å². The summed E-state index contributed by atoms with van der Waals surface area (Å²) in [6.45, 7) is 11.1. The second-order valence-corrected chi connectivity index (χ2v) is 5.72. The van der Waals surface area contributed by atoms with Gasteiger partial charge in [-0.2, -0.15) is 0 Å². The molecule has 1 aliphatic heterocycles. The van der Waals surface area contributed by atoms with Gasteiger partial charge in [0.2, 0.25) is 0 Å². The molecular weight excluding hydrogens is 265 g/mol. The SMILES string of the molecule is [B]c1ccc2c(c1)C=CN(Cc1cccc(C(=C)C)c1)C2=C. The number of hydrogen-bond acceptors (Lipinski definition) is 1. The lowest BCUT2D eigenvalue weighted by atomic mass is 9.90. The average Bonchev–Trinajstić information content (AvgIpc) is 2.50. The molecule has 0 atom stereocenters. The fraction of sp³-hybridized carbons (Fsp3) is 0.100. The third-order valence-electron chi connectivity index (χ3n) is 3.94. The van der Waals surface area contributed by atoms with Crippen LogP contribution < -0.4 is 5.46 Å². The van der Waals surface area contributed by atoms with E-state index in [0.29, 0.717) is 0 Å². The molecule has 3 rings (SSSR count). The van der Waals surface area contributed by atoms with E-state index in [4.69, 9.17) is 7.85 Å². The maximum Gasteiger partial charge on any atom is 0.113 e. The largest absolute Gasteiger partial charge is 0.344 e. The first-order valence-corrected chi connectivity index (χ1v) is 7.33.